The Morgan fingerprint density at radius 2 is 2.24 bits per heavy atom. The summed E-state index contributed by atoms with van der Waals surface area (Å²) in [5.74, 6) is 0.802. The number of aryl methyl sites for hydroxylation is 1. The fourth-order valence-electron chi connectivity index (χ4n) is 1.82. The van der Waals surface area contributed by atoms with Crippen LogP contribution in [0, 0.1) is 17.0 Å². The molecule has 2 aromatic rings. The molecule has 0 atom stereocenters. The average molecular weight is 353 g/mol. The Hall–Kier alpha value is -2.15. The fourth-order valence-corrected chi connectivity index (χ4v) is 2.19. The number of halogens is 1. The van der Waals surface area contributed by atoms with E-state index in [0.29, 0.717) is 12.4 Å². The standard InChI is InChI=1S/C14H13BrN2O4/c1-3-20-12-7-5-11(15)8-10(12)4-6-13-14(17(18)19)9(2)16-21-13/h4-8H,3H2,1-2H3/b6-4-. The summed E-state index contributed by atoms with van der Waals surface area (Å²) < 4.78 is 11.4. The van der Waals surface area contributed by atoms with Crippen molar-refractivity contribution in [1.82, 2.24) is 5.16 Å². The van der Waals surface area contributed by atoms with Gasteiger partial charge in [-0.1, -0.05) is 21.1 Å². The molecule has 0 N–H and O–H groups in total. The van der Waals surface area contributed by atoms with Crippen LogP contribution in [0.5, 0.6) is 5.75 Å². The molecule has 0 fully saturated rings. The van der Waals surface area contributed by atoms with E-state index < -0.39 is 4.92 Å². The summed E-state index contributed by atoms with van der Waals surface area (Å²) in [6.45, 7) is 3.95. The molecule has 0 bridgehead atoms. The van der Waals surface area contributed by atoms with Gasteiger partial charge in [-0.2, -0.15) is 0 Å². The highest BCUT2D eigenvalue weighted by Gasteiger charge is 2.22. The summed E-state index contributed by atoms with van der Waals surface area (Å²) >= 11 is 3.38. The first-order valence-electron chi connectivity index (χ1n) is 6.24. The van der Waals surface area contributed by atoms with E-state index in [0.717, 1.165) is 10.0 Å². The van der Waals surface area contributed by atoms with Gasteiger partial charge in [0.1, 0.15) is 5.75 Å². The lowest BCUT2D eigenvalue weighted by Gasteiger charge is -2.07. The van der Waals surface area contributed by atoms with Crippen molar-refractivity contribution in [2.24, 2.45) is 0 Å². The van der Waals surface area contributed by atoms with Crippen LogP contribution in [-0.4, -0.2) is 16.7 Å². The Balaban J connectivity index is 2.38. The Kier molecular flexibility index (Phi) is 4.74. The van der Waals surface area contributed by atoms with Crippen molar-refractivity contribution in [2.45, 2.75) is 13.8 Å². The van der Waals surface area contributed by atoms with E-state index in [1.807, 2.05) is 25.1 Å². The summed E-state index contributed by atoms with van der Waals surface area (Å²) in [6.07, 6.45) is 3.21. The van der Waals surface area contributed by atoms with Gasteiger partial charge in [0.15, 0.2) is 5.69 Å². The van der Waals surface area contributed by atoms with Gasteiger partial charge >= 0.3 is 5.69 Å². The molecule has 1 aromatic carbocycles. The highest BCUT2D eigenvalue weighted by atomic mass is 79.9. The van der Waals surface area contributed by atoms with Crippen LogP contribution in [0.1, 0.15) is 23.9 Å². The second kappa shape index (κ2) is 6.53. The van der Waals surface area contributed by atoms with E-state index in [4.69, 9.17) is 9.26 Å². The first-order valence-corrected chi connectivity index (χ1v) is 7.03. The molecule has 0 radical (unpaired) electrons. The molecule has 0 aliphatic rings. The van der Waals surface area contributed by atoms with Gasteiger partial charge in [-0.3, -0.25) is 10.1 Å². The third kappa shape index (κ3) is 3.49. The number of rotatable bonds is 5. The maximum Gasteiger partial charge on any atom is 0.338 e. The number of aromatic nitrogens is 1. The third-order valence-electron chi connectivity index (χ3n) is 2.73. The average Bonchev–Trinajstić information content (AvgIpc) is 2.80. The third-order valence-corrected chi connectivity index (χ3v) is 3.22. The van der Waals surface area contributed by atoms with Crippen LogP contribution in [0.15, 0.2) is 27.2 Å². The van der Waals surface area contributed by atoms with Crippen molar-refractivity contribution in [3.8, 4) is 5.75 Å². The van der Waals surface area contributed by atoms with Crippen LogP contribution in [0.4, 0.5) is 5.69 Å². The van der Waals surface area contributed by atoms with Crippen molar-refractivity contribution in [3.05, 3.63) is 49.8 Å². The Labute approximate surface area is 129 Å². The van der Waals surface area contributed by atoms with Crippen molar-refractivity contribution >= 4 is 33.8 Å². The summed E-state index contributed by atoms with van der Waals surface area (Å²) in [4.78, 5) is 10.5. The molecule has 0 spiro atoms. The molecular formula is C14H13BrN2O4. The van der Waals surface area contributed by atoms with Gasteiger partial charge in [-0.25, -0.2) is 0 Å². The molecule has 110 valence electrons. The van der Waals surface area contributed by atoms with Gasteiger partial charge in [0.25, 0.3) is 0 Å². The molecule has 0 aliphatic heterocycles. The van der Waals surface area contributed by atoms with E-state index in [9.17, 15) is 10.1 Å². The lowest BCUT2D eigenvalue weighted by molar-refractivity contribution is -0.386. The van der Waals surface area contributed by atoms with Crippen molar-refractivity contribution in [1.29, 1.82) is 0 Å². The molecule has 21 heavy (non-hydrogen) atoms. The van der Waals surface area contributed by atoms with Gasteiger partial charge in [-0.15, -0.1) is 0 Å². The van der Waals surface area contributed by atoms with E-state index in [1.54, 1.807) is 6.08 Å². The number of hydrogen-bond acceptors (Lipinski definition) is 5. The number of benzene rings is 1. The van der Waals surface area contributed by atoms with Crippen LogP contribution in [0.2, 0.25) is 0 Å². The summed E-state index contributed by atoms with van der Waals surface area (Å²) in [5.41, 5.74) is 0.910. The highest BCUT2D eigenvalue weighted by molar-refractivity contribution is 9.10. The molecule has 6 nitrogen and oxygen atoms in total. The molecule has 0 amide bonds. The molecule has 0 saturated carbocycles. The maximum absolute atomic E-state index is 11.0. The molecule has 0 unspecified atom stereocenters. The zero-order valence-corrected chi connectivity index (χ0v) is 13.1. The maximum atomic E-state index is 11.0. The smallest absolute Gasteiger partial charge is 0.338 e. The molecule has 1 aromatic heterocycles. The van der Waals surface area contributed by atoms with Crippen LogP contribution in [-0.2, 0) is 0 Å². The van der Waals surface area contributed by atoms with Crippen LogP contribution >= 0.6 is 15.9 Å². The van der Waals surface area contributed by atoms with Crippen LogP contribution in [0.25, 0.3) is 12.2 Å². The molecule has 2 rings (SSSR count). The van der Waals surface area contributed by atoms with Crippen molar-refractivity contribution in [3.63, 3.8) is 0 Å². The lowest BCUT2D eigenvalue weighted by Crippen LogP contribution is -1.93. The van der Waals surface area contributed by atoms with Crippen LogP contribution < -0.4 is 4.74 Å². The van der Waals surface area contributed by atoms with E-state index >= 15 is 0 Å². The van der Waals surface area contributed by atoms with Gasteiger partial charge in [0.05, 0.1) is 11.5 Å². The zero-order chi connectivity index (χ0) is 15.4. The number of hydrogen-bond donors (Lipinski definition) is 0. The lowest BCUT2D eigenvalue weighted by atomic mass is 10.1. The number of ether oxygens (including phenoxy) is 1. The topological polar surface area (TPSA) is 78.4 Å². The monoisotopic (exact) mass is 352 g/mol. The Morgan fingerprint density at radius 1 is 1.48 bits per heavy atom. The Bertz CT molecular complexity index is 694. The minimum atomic E-state index is -0.504. The van der Waals surface area contributed by atoms with Crippen molar-refractivity contribution in [2.75, 3.05) is 6.61 Å². The normalized spacial score (nSPS) is 11.0. The molecule has 1 heterocycles. The predicted molar refractivity (Wildman–Crippen MR) is 82.1 cm³/mol. The SMILES string of the molecule is CCOc1ccc(Br)cc1/C=C\c1onc(C)c1[N+](=O)[O-]. The van der Waals surface area contributed by atoms with Gasteiger partial charge in [-0.05, 0) is 44.2 Å². The van der Waals surface area contributed by atoms with Gasteiger partial charge in [0.2, 0.25) is 5.76 Å². The molecular weight excluding hydrogens is 340 g/mol. The summed E-state index contributed by atoms with van der Waals surface area (Å²) in [7, 11) is 0. The quantitative estimate of drug-likeness (QED) is 0.594. The molecule has 7 heteroatoms. The number of nitrogens with zero attached hydrogens (tertiary/aromatic N) is 2. The fraction of sp³-hybridized carbons (Fsp3) is 0.214. The zero-order valence-electron chi connectivity index (χ0n) is 11.5. The Morgan fingerprint density at radius 3 is 2.90 bits per heavy atom. The second-order valence-corrected chi connectivity index (χ2v) is 5.10. The largest absolute Gasteiger partial charge is 0.493 e. The number of nitro groups is 1. The summed E-state index contributed by atoms with van der Waals surface area (Å²) in [5, 5.41) is 14.6. The van der Waals surface area contributed by atoms with E-state index in [-0.39, 0.29) is 17.1 Å². The van der Waals surface area contributed by atoms with E-state index in [1.165, 1.54) is 13.0 Å². The predicted octanol–water partition coefficient (Wildman–Crippen LogP) is 4.22. The van der Waals surface area contributed by atoms with Gasteiger partial charge in [0, 0.05) is 10.0 Å². The summed E-state index contributed by atoms with van der Waals surface area (Å²) in [6, 6.07) is 5.55. The van der Waals surface area contributed by atoms with E-state index in [2.05, 4.69) is 21.1 Å². The van der Waals surface area contributed by atoms with Gasteiger partial charge < -0.3 is 9.26 Å². The minimum Gasteiger partial charge on any atom is -0.493 e. The molecule has 0 saturated heterocycles. The highest BCUT2D eigenvalue weighted by Crippen LogP contribution is 2.28. The minimum absolute atomic E-state index is 0.111. The first kappa shape index (κ1) is 15.2. The molecule has 0 aliphatic carbocycles. The van der Waals surface area contributed by atoms with Crippen molar-refractivity contribution < 1.29 is 14.2 Å². The first-order chi connectivity index (χ1) is 10.0. The van der Waals surface area contributed by atoms with Crippen LogP contribution in [0.3, 0.4) is 0 Å². The second-order valence-electron chi connectivity index (χ2n) is 4.19.